The van der Waals surface area contributed by atoms with Gasteiger partial charge in [-0.05, 0) is 29.3 Å². The van der Waals surface area contributed by atoms with Crippen molar-refractivity contribution >= 4 is 0 Å². The van der Waals surface area contributed by atoms with Gasteiger partial charge in [-0.25, -0.2) is 0 Å². The van der Waals surface area contributed by atoms with E-state index in [1.54, 1.807) is 0 Å². The van der Waals surface area contributed by atoms with Crippen LogP contribution >= 0.6 is 0 Å². The van der Waals surface area contributed by atoms with E-state index in [-0.39, 0.29) is 25.0 Å². The maximum absolute atomic E-state index is 9.41. The molecule has 3 nitrogen and oxygen atoms in total. The summed E-state index contributed by atoms with van der Waals surface area (Å²) in [6, 6.07) is 15.5. The molecule has 2 N–H and O–H groups in total. The first-order valence-electron chi connectivity index (χ1n) is 7.24. The largest absolute Gasteiger partial charge is 0.457 e. The fourth-order valence-electron chi connectivity index (χ4n) is 2.17. The van der Waals surface area contributed by atoms with Gasteiger partial charge in [-0.3, -0.25) is 0 Å². The Bertz CT molecular complexity index is 566. The van der Waals surface area contributed by atoms with Gasteiger partial charge in [0.15, 0.2) is 0 Å². The summed E-state index contributed by atoms with van der Waals surface area (Å²) in [5.74, 6) is 1.56. The Labute approximate surface area is 125 Å². The summed E-state index contributed by atoms with van der Waals surface area (Å²) in [6.45, 7) is 4.10. The number of hydrogen-bond donors (Lipinski definition) is 2. The van der Waals surface area contributed by atoms with E-state index in [1.165, 1.54) is 0 Å². The van der Waals surface area contributed by atoms with Crippen molar-refractivity contribution in [1.82, 2.24) is 0 Å². The smallest absolute Gasteiger partial charge is 0.131 e. The monoisotopic (exact) mass is 286 g/mol. The van der Waals surface area contributed by atoms with E-state index >= 15 is 0 Å². The molecule has 2 atom stereocenters. The molecule has 0 aliphatic rings. The van der Waals surface area contributed by atoms with Gasteiger partial charge in [0.25, 0.3) is 0 Å². The fraction of sp³-hybridized carbons (Fsp3) is 0.333. The summed E-state index contributed by atoms with van der Waals surface area (Å²) in [5, 5.41) is 18.7. The maximum Gasteiger partial charge on any atom is 0.131 e. The SMILES string of the molecule is CC(CO)c1ccc(C(C)CO)c(Oc2ccccc2)c1. The molecule has 0 fully saturated rings. The molecule has 21 heavy (non-hydrogen) atoms. The predicted molar refractivity (Wildman–Crippen MR) is 84.0 cm³/mol. The maximum atomic E-state index is 9.41. The summed E-state index contributed by atoms with van der Waals surface area (Å²) in [5.41, 5.74) is 1.99. The number of para-hydroxylation sites is 1. The lowest BCUT2D eigenvalue weighted by Gasteiger charge is -2.18. The van der Waals surface area contributed by atoms with Crippen LogP contribution in [0.25, 0.3) is 0 Å². The first kappa shape index (κ1) is 15.5. The second-order valence-electron chi connectivity index (χ2n) is 5.38. The van der Waals surface area contributed by atoms with E-state index in [0.29, 0.717) is 0 Å². The third-order valence-corrected chi connectivity index (χ3v) is 3.66. The molecule has 2 aromatic carbocycles. The Morgan fingerprint density at radius 3 is 2.19 bits per heavy atom. The number of aliphatic hydroxyl groups excluding tert-OH is 2. The molecule has 0 bridgehead atoms. The number of rotatable bonds is 6. The summed E-state index contributed by atoms with van der Waals surface area (Å²) in [6.07, 6.45) is 0. The van der Waals surface area contributed by atoms with Crippen LogP contribution in [0.4, 0.5) is 0 Å². The van der Waals surface area contributed by atoms with Crippen LogP contribution in [0.2, 0.25) is 0 Å². The van der Waals surface area contributed by atoms with Crippen molar-refractivity contribution in [3.8, 4) is 11.5 Å². The Balaban J connectivity index is 2.38. The van der Waals surface area contributed by atoms with Gasteiger partial charge in [0.05, 0.1) is 0 Å². The van der Waals surface area contributed by atoms with Crippen LogP contribution in [0.15, 0.2) is 48.5 Å². The van der Waals surface area contributed by atoms with Gasteiger partial charge >= 0.3 is 0 Å². The number of benzene rings is 2. The Morgan fingerprint density at radius 2 is 1.57 bits per heavy atom. The van der Waals surface area contributed by atoms with Crippen molar-refractivity contribution in [1.29, 1.82) is 0 Å². The minimum Gasteiger partial charge on any atom is -0.457 e. The molecule has 3 heteroatoms. The normalized spacial score (nSPS) is 13.7. The lowest BCUT2D eigenvalue weighted by Crippen LogP contribution is -2.04. The molecule has 112 valence electrons. The topological polar surface area (TPSA) is 49.7 Å². The van der Waals surface area contributed by atoms with Crippen LogP contribution in [-0.4, -0.2) is 23.4 Å². The third-order valence-electron chi connectivity index (χ3n) is 3.66. The van der Waals surface area contributed by atoms with Crippen LogP contribution in [0, 0.1) is 0 Å². The van der Waals surface area contributed by atoms with E-state index in [0.717, 1.165) is 22.6 Å². The molecule has 0 aromatic heterocycles. The molecule has 0 spiro atoms. The van der Waals surface area contributed by atoms with Crippen molar-refractivity contribution < 1.29 is 14.9 Å². The standard InChI is InChI=1S/C18H22O3/c1-13(11-19)15-8-9-17(14(2)12-20)18(10-15)21-16-6-4-3-5-7-16/h3-10,13-14,19-20H,11-12H2,1-2H3. The average Bonchev–Trinajstić information content (AvgIpc) is 2.54. The number of hydrogen-bond acceptors (Lipinski definition) is 3. The molecule has 2 rings (SSSR count). The van der Waals surface area contributed by atoms with Crippen LogP contribution in [0.3, 0.4) is 0 Å². The number of aliphatic hydroxyl groups is 2. The zero-order valence-electron chi connectivity index (χ0n) is 12.5. The van der Waals surface area contributed by atoms with Crippen LogP contribution in [0.5, 0.6) is 11.5 Å². The summed E-state index contributed by atoms with van der Waals surface area (Å²) < 4.78 is 5.98. The minimum absolute atomic E-state index is 0.00203. The summed E-state index contributed by atoms with van der Waals surface area (Å²) >= 11 is 0. The molecule has 0 saturated heterocycles. The molecule has 2 aromatic rings. The highest BCUT2D eigenvalue weighted by Gasteiger charge is 2.14. The van der Waals surface area contributed by atoms with Gasteiger partial charge in [-0.2, -0.15) is 0 Å². The first-order valence-corrected chi connectivity index (χ1v) is 7.24. The van der Waals surface area contributed by atoms with Crippen LogP contribution in [0.1, 0.15) is 36.8 Å². The van der Waals surface area contributed by atoms with Crippen molar-refractivity contribution in [2.24, 2.45) is 0 Å². The lowest BCUT2D eigenvalue weighted by molar-refractivity contribution is 0.269. The summed E-state index contributed by atoms with van der Waals surface area (Å²) in [7, 11) is 0. The minimum atomic E-state index is 0.00203. The second kappa shape index (κ2) is 7.25. The van der Waals surface area contributed by atoms with E-state index in [4.69, 9.17) is 4.74 Å². The molecule has 0 saturated carbocycles. The molecule has 0 aliphatic heterocycles. The zero-order valence-corrected chi connectivity index (χ0v) is 12.5. The predicted octanol–water partition coefficient (Wildman–Crippen LogP) is 3.67. The molecular weight excluding hydrogens is 264 g/mol. The van der Waals surface area contributed by atoms with Gasteiger partial charge < -0.3 is 14.9 Å². The molecule has 0 aliphatic carbocycles. The molecule has 0 radical (unpaired) electrons. The zero-order chi connectivity index (χ0) is 15.2. The van der Waals surface area contributed by atoms with Crippen molar-refractivity contribution in [2.45, 2.75) is 25.7 Å². The quantitative estimate of drug-likeness (QED) is 0.852. The fourth-order valence-corrected chi connectivity index (χ4v) is 2.17. The number of ether oxygens (including phenoxy) is 1. The van der Waals surface area contributed by atoms with Crippen molar-refractivity contribution in [3.05, 3.63) is 59.7 Å². The van der Waals surface area contributed by atoms with Gasteiger partial charge in [0.1, 0.15) is 11.5 Å². The third kappa shape index (κ3) is 3.84. The highest BCUT2D eigenvalue weighted by molar-refractivity contribution is 5.43. The first-order chi connectivity index (χ1) is 10.2. The summed E-state index contributed by atoms with van der Waals surface area (Å²) in [4.78, 5) is 0. The van der Waals surface area contributed by atoms with Gasteiger partial charge in [-0.1, -0.05) is 44.2 Å². The van der Waals surface area contributed by atoms with Crippen molar-refractivity contribution in [3.63, 3.8) is 0 Å². The van der Waals surface area contributed by atoms with E-state index in [9.17, 15) is 10.2 Å². The molecular formula is C18H22O3. The highest BCUT2D eigenvalue weighted by atomic mass is 16.5. The van der Waals surface area contributed by atoms with Crippen LogP contribution < -0.4 is 4.74 Å². The van der Waals surface area contributed by atoms with Gasteiger partial charge in [-0.15, -0.1) is 0 Å². The van der Waals surface area contributed by atoms with Gasteiger partial charge in [0.2, 0.25) is 0 Å². The Kier molecular flexibility index (Phi) is 5.37. The lowest BCUT2D eigenvalue weighted by atomic mass is 9.95. The molecule has 0 amide bonds. The molecule has 2 unspecified atom stereocenters. The van der Waals surface area contributed by atoms with Crippen LogP contribution in [-0.2, 0) is 0 Å². The molecule has 0 heterocycles. The Hall–Kier alpha value is -1.84. The van der Waals surface area contributed by atoms with Gasteiger partial charge in [0, 0.05) is 25.0 Å². The van der Waals surface area contributed by atoms with Crippen molar-refractivity contribution in [2.75, 3.05) is 13.2 Å². The average molecular weight is 286 g/mol. The van der Waals surface area contributed by atoms with E-state index in [2.05, 4.69) is 0 Å². The second-order valence-corrected chi connectivity index (χ2v) is 5.38. The van der Waals surface area contributed by atoms with E-state index < -0.39 is 0 Å². The van der Waals surface area contributed by atoms with E-state index in [1.807, 2.05) is 62.4 Å². The highest BCUT2D eigenvalue weighted by Crippen LogP contribution is 2.33. The Morgan fingerprint density at radius 1 is 0.905 bits per heavy atom.